The van der Waals surface area contributed by atoms with Gasteiger partial charge >= 0.3 is 0 Å². The highest BCUT2D eigenvalue weighted by Crippen LogP contribution is 2.11. The third-order valence-electron chi connectivity index (χ3n) is 2.54. The summed E-state index contributed by atoms with van der Waals surface area (Å²) in [5, 5.41) is 0. The first-order valence-corrected chi connectivity index (χ1v) is 5.36. The topological polar surface area (TPSA) is 32.7 Å². The molecule has 0 aliphatic heterocycles. The highest BCUT2D eigenvalue weighted by Gasteiger charge is 2.08. The van der Waals surface area contributed by atoms with Crippen LogP contribution in [0.1, 0.15) is 34.1 Å². The van der Waals surface area contributed by atoms with Crippen molar-refractivity contribution in [2.45, 2.75) is 40.2 Å². The van der Waals surface area contributed by atoms with Gasteiger partial charge in [0.2, 0.25) is 5.91 Å². The lowest BCUT2D eigenvalue weighted by Crippen LogP contribution is -2.23. The predicted molar refractivity (Wildman–Crippen MR) is 65.0 cm³/mol. The summed E-state index contributed by atoms with van der Waals surface area (Å²) in [7, 11) is 1.72. The van der Waals surface area contributed by atoms with Crippen LogP contribution in [0, 0.1) is 5.92 Å². The van der Waals surface area contributed by atoms with Crippen molar-refractivity contribution >= 4 is 12.2 Å². The van der Waals surface area contributed by atoms with Crippen LogP contribution in [-0.2, 0) is 4.79 Å². The first kappa shape index (κ1) is 13.9. The maximum absolute atomic E-state index is 10.9. The van der Waals surface area contributed by atoms with E-state index in [-0.39, 0.29) is 11.9 Å². The molecule has 0 aromatic rings. The third kappa shape index (κ3) is 6.05. The van der Waals surface area contributed by atoms with Gasteiger partial charge < -0.3 is 4.90 Å². The lowest BCUT2D eigenvalue weighted by atomic mass is 10.0. The van der Waals surface area contributed by atoms with E-state index in [4.69, 9.17) is 0 Å². The molecule has 0 saturated carbocycles. The first-order valence-electron chi connectivity index (χ1n) is 5.36. The second-order valence-corrected chi connectivity index (χ2v) is 3.92. The number of carbonyl (C=O) groups is 1. The maximum atomic E-state index is 10.9. The van der Waals surface area contributed by atoms with E-state index in [2.05, 4.69) is 31.0 Å². The van der Waals surface area contributed by atoms with Crippen LogP contribution in [0.5, 0.6) is 0 Å². The average Bonchev–Trinajstić information content (AvgIpc) is 2.21. The highest BCUT2D eigenvalue weighted by atomic mass is 16.2. The number of carbonyl (C=O) groups excluding carboxylic acids is 1. The summed E-state index contributed by atoms with van der Waals surface area (Å²) < 4.78 is 0. The zero-order chi connectivity index (χ0) is 11.8. The van der Waals surface area contributed by atoms with Crippen LogP contribution in [0.15, 0.2) is 17.1 Å². The van der Waals surface area contributed by atoms with Crippen molar-refractivity contribution in [2.24, 2.45) is 10.9 Å². The molecule has 0 radical (unpaired) electrons. The van der Waals surface area contributed by atoms with Crippen LogP contribution >= 0.6 is 0 Å². The van der Waals surface area contributed by atoms with Crippen LogP contribution in [0.2, 0.25) is 0 Å². The molecule has 0 fully saturated rings. The summed E-state index contributed by atoms with van der Waals surface area (Å²) in [5.41, 5.74) is 0. The van der Waals surface area contributed by atoms with Crippen molar-refractivity contribution in [2.75, 3.05) is 7.05 Å². The Kier molecular flexibility index (Phi) is 6.67. The van der Waals surface area contributed by atoms with E-state index < -0.39 is 0 Å². The number of rotatable bonds is 5. The minimum atomic E-state index is 0.00653. The van der Waals surface area contributed by atoms with Crippen molar-refractivity contribution in [1.82, 2.24) is 4.90 Å². The molecule has 0 heterocycles. The molecule has 3 nitrogen and oxygen atoms in total. The fourth-order valence-corrected chi connectivity index (χ4v) is 0.981. The van der Waals surface area contributed by atoms with Gasteiger partial charge in [0.15, 0.2) is 0 Å². The number of aliphatic imine (C=N–C) groups is 1. The fraction of sp³-hybridized carbons (Fsp3) is 0.667. The van der Waals surface area contributed by atoms with Gasteiger partial charge in [0.05, 0.1) is 12.4 Å². The molecular weight excluding hydrogens is 188 g/mol. The van der Waals surface area contributed by atoms with Gasteiger partial charge in [0.1, 0.15) is 0 Å². The number of nitrogens with zero attached hydrogens (tertiary/aromatic N) is 2. The summed E-state index contributed by atoms with van der Waals surface area (Å²) in [4.78, 5) is 16.8. The lowest BCUT2D eigenvalue weighted by Gasteiger charge is -2.15. The zero-order valence-electron chi connectivity index (χ0n) is 10.4. The van der Waals surface area contributed by atoms with Crippen molar-refractivity contribution in [3.63, 3.8) is 0 Å². The molecule has 0 aromatic carbocycles. The van der Waals surface area contributed by atoms with E-state index in [1.54, 1.807) is 13.4 Å². The van der Waals surface area contributed by atoms with E-state index >= 15 is 0 Å². The Morgan fingerprint density at radius 3 is 2.53 bits per heavy atom. The lowest BCUT2D eigenvalue weighted by molar-refractivity contribution is -0.123. The Labute approximate surface area is 92.9 Å². The predicted octanol–water partition coefficient (Wildman–Crippen LogP) is 2.48. The molecule has 1 amide bonds. The molecule has 0 N–H and O–H groups in total. The molecule has 2 atom stereocenters. The second kappa shape index (κ2) is 7.21. The van der Waals surface area contributed by atoms with Gasteiger partial charge in [-0.05, 0) is 26.2 Å². The van der Waals surface area contributed by atoms with Crippen LogP contribution in [0.4, 0.5) is 0 Å². The Hall–Kier alpha value is -1.12. The summed E-state index contributed by atoms with van der Waals surface area (Å²) in [6, 6.07) is 0.239. The van der Waals surface area contributed by atoms with Gasteiger partial charge in [-0.3, -0.25) is 9.79 Å². The monoisotopic (exact) mass is 210 g/mol. The molecule has 0 aliphatic carbocycles. The maximum Gasteiger partial charge on any atom is 0.224 e. The van der Waals surface area contributed by atoms with Gasteiger partial charge in [0.25, 0.3) is 0 Å². The number of hydrogen-bond donors (Lipinski definition) is 0. The summed E-state index contributed by atoms with van der Waals surface area (Å²) in [5.74, 6) is 0.505. The number of amides is 1. The van der Waals surface area contributed by atoms with Crippen LogP contribution < -0.4 is 0 Å². The largest absolute Gasteiger partial charge is 0.307 e. The smallest absolute Gasteiger partial charge is 0.224 e. The normalized spacial score (nSPS) is 15.8. The highest BCUT2D eigenvalue weighted by molar-refractivity contribution is 5.85. The van der Waals surface area contributed by atoms with E-state index in [0.717, 1.165) is 6.42 Å². The fourth-order valence-electron chi connectivity index (χ4n) is 0.981. The van der Waals surface area contributed by atoms with Crippen molar-refractivity contribution in [3.8, 4) is 0 Å². The molecule has 15 heavy (non-hydrogen) atoms. The molecule has 0 bridgehead atoms. The van der Waals surface area contributed by atoms with E-state index in [0.29, 0.717) is 5.92 Å². The van der Waals surface area contributed by atoms with E-state index in [1.807, 2.05) is 6.92 Å². The number of hydrogen-bond acceptors (Lipinski definition) is 2. The second-order valence-electron chi connectivity index (χ2n) is 3.92. The Morgan fingerprint density at radius 2 is 2.07 bits per heavy atom. The minimum Gasteiger partial charge on any atom is -0.307 e. The summed E-state index contributed by atoms with van der Waals surface area (Å²) >= 11 is 0. The van der Waals surface area contributed by atoms with Crippen LogP contribution in [0.3, 0.4) is 0 Å². The molecule has 86 valence electrons. The molecule has 0 aliphatic rings. The Balaban J connectivity index is 4.10. The van der Waals surface area contributed by atoms with Crippen LogP contribution in [0.25, 0.3) is 0 Å². The zero-order valence-corrected chi connectivity index (χ0v) is 10.4. The van der Waals surface area contributed by atoms with Gasteiger partial charge in [-0.15, -0.1) is 0 Å². The molecule has 1 unspecified atom stereocenters. The molecular formula is C12H22N2O. The van der Waals surface area contributed by atoms with Crippen molar-refractivity contribution in [1.29, 1.82) is 0 Å². The quantitative estimate of drug-likeness (QED) is 0.390. The SMILES string of the molecule is C/C=C\C[C@H](C)C(C)/N=C\N(C)C(C)=O. The first-order chi connectivity index (χ1) is 6.99. The molecule has 0 spiro atoms. The summed E-state index contributed by atoms with van der Waals surface area (Å²) in [6.45, 7) is 7.78. The van der Waals surface area contributed by atoms with Gasteiger partial charge in [0, 0.05) is 14.0 Å². The van der Waals surface area contributed by atoms with Crippen LogP contribution in [-0.4, -0.2) is 30.2 Å². The Bertz CT molecular complexity index is 246. The third-order valence-corrected chi connectivity index (χ3v) is 2.54. The molecule has 0 aromatic heterocycles. The van der Waals surface area contributed by atoms with Crippen molar-refractivity contribution < 1.29 is 4.79 Å². The standard InChI is InChI=1S/C12H22N2O/c1-6-7-8-10(2)11(3)13-9-14(5)12(4)15/h6-7,9-11H,8H2,1-5H3/b7-6-,13-9-/t10-,11?/m0/s1. The molecule has 0 rings (SSSR count). The van der Waals surface area contributed by atoms with Gasteiger partial charge in [-0.2, -0.15) is 0 Å². The molecule has 0 saturated heterocycles. The minimum absolute atomic E-state index is 0.00653. The Morgan fingerprint density at radius 1 is 1.47 bits per heavy atom. The van der Waals surface area contributed by atoms with Crippen molar-refractivity contribution in [3.05, 3.63) is 12.2 Å². The van der Waals surface area contributed by atoms with E-state index in [1.165, 1.54) is 11.8 Å². The van der Waals surface area contributed by atoms with Gasteiger partial charge in [-0.1, -0.05) is 19.1 Å². The van der Waals surface area contributed by atoms with E-state index in [9.17, 15) is 4.79 Å². The van der Waals surface area contributed by atoms with Gasteiger partial charge in [-0.25, -0.2) is 0 Å². The average molecular weight is 210 g/mol. The summed E-state index contributed by atoms with van der Waals surface area (Å²) in [6.07, 6.45) is 6.83. The molecule has 3 heteroatoms. The number of allylic oxidation sites excluding steroid dienone is 2.